The van der Waals surface area contributed by atoms with Crippen molar-refractivity contribution in [1.82, 2.24) is 0 Å². The van der Waals surface area contributed by atoms with Gasteiger partial charge in [-0.2, -0.15) is 0 Å². The van der Waals surface area contributed by atoms with Gasteiger partial charge in [-0.3, -0.25) is 0 Å². The lowest BCUT2D eigenvalue weighted by Crippen LogP contribution is -2.21. The summed E-state index contributed by atoms with van der Waals surface area (Å²) < 4.78 is 5.49. The van der Waals surface area contributed by atoms with Crippen LogP contribution in [0.2, 0.25) is 25.7 Å². The first-order valence-corrected chi connectivity index (χ1v) is 9.40. The van der Waals surface area contributed by atoms with Gasteiger partial charge in [-0.1, -0.05) is 49.7 Å². The Labute approximate surface area is 99.8 Å². The molecule has 0 saturated heterocycles. The Hall–Kier alpha value is -1.04. The Bertz CT molecular complexity index is 354. The average Bonchev–Trinajstić information content (AvgIpc) is 2.23. The van der Waals surface area contributed by atoms with Gasteiger partial charge in [-0.15, -0.1) is 0 Å². The molecule has 1 aromatic rings. The van der Waals surface area contributed by atoms with E-state index in [0.29, 0.717) is 6.61 Å². The molecular weight excluding hydrogens is 212 g/mol. The summed E-state index contributed by atoms with van der Waals surface area (Å²) in [6.45, 7) is 8.45. The standard InChI is InChI=1S/C14H20OSi/c1-16(2,3)13-12-15-11-7-10-14-8-5-4-6-9-14/h4-6,8-9H,11-13H2,1-3H3. The first kappa shape index (κ1) is 13.0. The minimum absolute atomic E-state index is 0.541. The molecule has 0 N–H and O–H groups in total. The van der Waals surface area contributed by atoms with E-state index in [0.717, 1.165) is 12.2 Å². The van der Waals surface area contributed by atoms with Crippen LogP contribution in [0.15, 0.2) is 30.3 Å². The topological polar surface area (TPSA) is 9.23 Å². The highest BCUT2D eigenvalue weighted by Crippen LogP contribution is 2.07. The van der Waals surface area contributed by atoms with Crippen molar-refractivity contribution in [2.24, 2.45) is 0 Å². The van der Waals surface area contributed by atoms with Crippen molar-refractivity contribution in [1.29, 1.82) is 0 Å². The molecule has 0 radical (unpaired) electrons. The van der Waals surface area contributed by atoms with Gasteiger partial charge in [0.1, 0.15) is 6.61 Å². The van der Waals surface area contributed by atoms with Crippen LogP contribution in [0.1, 0.15) is 5.56 Å². The summed E-state index contributed by atoms with van der Waals surface area (Å²) in [5, 5.41) is 0. The summed E-state index contributed by atoms with van der Waals surface area (Å²) in [7, 11) is -0.955. The SMILES string of the molecule is C[Si](C)(C)CCOCC#Cc1ccccc1. The van der Waals surface area contributed by atoms with E-state index >= 15 is 0 Å². The molecule has 86 valence electrons. The number of hydrogen-bond donors (Lipinski definition) is 0. The van der Waals surface area contributed by atoms with Gasteiger partial charge in [0, 0.05) is 20.2 Å². The van der Waals surface area contributed by atoms with Crippen LogP contribution in [0.5, 0.6) is 0 Å². The molecule has 0 fully saturated rings. The maximum atomic E-state index is 5.49. The third-order valence-corrected chi connectivity index (χ3v) is 3.88. The van der Waals surface area contributed by atoms with Crippen molar-refractivity contribution in [3.8, 4) is 11.8 Å². The van der Waals surface area contributed by atoms with E-state index in [4.69, 9.17) is 4.74 Å². The Morgan fingerprint density at radius 3 is 2.44 bits per heavy atom. The number of ether oxygens (including phenoxy) is 1. The molecule has 0 amide bonds. The molecule has 1 rings (SSSR count). The fraction of sp³-hybridized carbons (Fsp3) is 0.429. The third kappa shape index (κ3) is 6.44. The highest BCUT2D eigenvalue weighted by molar-refractivity contribution is 6.76. The number of benzene rings is 1. The van der Waals surface area contributed by atoms with Gasteiger partial charge in [0.25, 0.3) is 0 Å². The summed E-state index contributed by atoms with van der Waals surface area (Å²) in [5.74, 6) is 6.11. The van der Waals surface area contributed by atoms with Gasteiger partial charge < -0.3 is 4.74 Å². The van der Waals surface area contributed by atoms with Crippen molar-refractivity contribution in [3.63, 3.8) is 0 Å². The smallest absolute Gasteiger partial charge is 0.108 e. The second-order valence-corrected chi connectivity index (χ2v) is 10.7. The van der Waals surface area contributed by atoms with Gasteiger partial charge in [-0.05, 0) is 18.2 Å². The van der Waals surface area contributed by atoms with E-state index < -0.39 is 8.07 Å². The fourth-order valence-electron chi connectivity index (χ4n) is 1.16. The first-order valence-electron chi connectivity index (χ1n) is 5.70. The zero-order valence-corrected chi connectivity index (χ0v) is 11.4. The average molecular weight is 232 g/mol. The molecule has 2 heteroatoms. The monoisotopic (exact) mass is 232 g/mol. The van der Waals surface area contributed by atoms with Crippen molar-refractivity contribution in [2.75, 3.05) is 13.2 Å². The largest absolute Gasteiger partial charge is 0.369 e. The number of hydrogen-bond acceptors (Lipinski definition) is 1. The Morgan fingerprint density at radius 1 is 1.12 bits per heavy atom. The highest BCUT2D eigenvalue weighted by Gasteiger charge is 2.11. The molecule has 0 aliphatic carbocycles. The molecule has 16 heavy (non-hydrogen) atoms. The van der Waals surface area contributed by atoms with Crippen molar-refractivity contribution < 1.29 is 4.74 Å². The van der Waals surface area contributed by atoms with Crippen molar-refractivity contribution in [3.05, 3.63) is 35.9 Å². The molecule has 0 heterocycles. The van der Waals surface area contributed by atoms with Gasteiger partial charge in [0.15, 0.2) is 0 Å². The quantitative estimate of drug-likeness (QED) is 0.439. The van der Waals surface area contributed by atoms with Gasteiger partial charge in [0.2, 0.25) is 0 Å². The molecule has 1 nitrogen and oxygen atoms in total. The Kier molecular flexibility index (Phi) is 5.31. The molecule has 0 aromatic heterocycles. The molecule has 0 saturated carbocycles. The minimum Gasteiger partial charge on any atom is -0.369 e. The van der Waals surface area contributed by atoms with E-state index in [2.05, 4.69) is 31.5 Å². The van der Waals surface area contributed by atoms with E-state index in [-0.39, 0.29) is 0 Å². The lowest BCUT2D eigenvalue weighted by molar-refractivity contribution is 0.181. The molecule has 0 aliphatic heterocycles. The van der Waals surface area contributed by atoms with E-state index in [9.17, 15) is 0 Å². The van der Waals surface area contributed by atoms with E-state index in [1.54, 1.807) is 0 Å². The Morgan fingerprint density at radius 2 is 1.81 bits per heavy atom. The summed E-state index contributed by atoms with van der Waals surface area (Å²) in [6.07, 6.45) is 0. The molecule has 0 spiro atoms. The predicted molar refractivity (Wildman–Crippen MR) is 72.3 cm³/mol. The molecule has 0 atom stereocenters. The van der Waals surface area contributed by atoms with E-state index in [1.165, 1.54) is 6.04 Å². The van der Waals surface area contributed by atoms with Crippen LogP contribution in [0.4, 0.5) is 0 Å². The summed E-state index contributed by atoms with van der Waals surface area (Å²) in [6, 6.07) is 11.2. The number of rotatable bonds is 4. The van der Waals surface area contributed by atoms with Crippen LogP contribution in [0.25, 0.3) is 0 Å². The predicted octanol–water partition coefficient (Wildman–Crippen LogP) is 3.39. The third-order valence-electron chi connectivity index (χ3n) is 2.18. The van der Waals surface area contributed by atoms with E-state index in [1.807, 2.05) is 30.3 Å². The van der Waals surface area contributed by atoms with Gasteiger partial charge in [-0.25, -0.2) is 0 Å². The van der Waals surface area contributed by atoms with Gasteiger partial charge >= 0.3 is 0 Å². The van der Waals surface area contributed by atoms with Crippen LogP contribution in [-0.4, -0.2) is 21.3 Å². The second kappa shape index (κ2) is 6.52. The molecule has 0 aliphatic rings. The lowest BCUT2D eigenvalue weighted by atomic mass is 10.2. The fourth-order valence-corrected chi connectivity index (χ4v) is 1.92. The van der Waals surface area contributed by atoms with Crippen LogP contribution in [0.3, 0.4) is 0 Å². The van der Waals surface area contributed by atoms with Gasteiger partial charge in [0.05, 0.1) is 0 Å². The summed E-state index contributed by atoms with van der Waals surface area (Å²) in [5.41, 5.74) is 1.05. The lowest BCUT2D eigenvalue weighted by Gasteiger charge is -2.14. The Balaban J connectivity index is 2.19. The zero-order valence-electron chi connectivity index (χ0n) is 10.4. The van der Waals surface area contributed by atoms with Crippen LogP contribution in [-0.2, 0) is 4.74 Å². The molecule has 0 bridgehead atoms. The highest BCUT2D eigenvalue weighted by atomic mass is 28.3. The van der Waals surface area contributed by atoms with Crippen molar-refractivity contribution >= 4 is 8.07 Å². The van der Waals surface area contributed by atoms with Crippen LogP contribution < -0.4 is 0 Å². The van der Waals surface area contributed by atoms with Crippen LogP contribution in [0, 0.1) is 11.8 Å². The van der Waals surface area contributed by atoms with Crippen molar-refractivity contribution in [2.45, 2.75) is 25.7 Å². The maximum absolute atomic E-state index is 5.49. The molecular formula is C14H20OSi. The normalized spacial score (nSPS) is 10.7. The van der Waals surface area contributed by atoms with Crippen LogP contribution >= 0.6 is 0 Å². The maximum Gasteiger partial charge on any atom is 0.108 e. The zero-order chi connectivity index (χ0) is 11.9. The molecule has 0 unspecified atom stereocenters. The summed E-state index contributed by atoms with van der Waals surface area (Å²) in [4.78, 5) is 0. The minimum atomic E-state index is -0.955. The second-order valence-electron chi connectivity index (χ2n) is 5.03. The first-order chi connectivity index (χ1) is 7.58. The molecule has 1 aromatic carbocycles. The summed E-state index contributed by atoms with van der Waals surface area (Å²) >= 11 is 0.